The lowest BCUT2D eigenvalue weighted by Crippen LogP contribution is -2.04. The molecule has 0 bridgehead atoms. The average molecular weight is 616 g/mol. The second kappa shape index (κ2) is 10.4. The molecule has 7 aromatic rings. The summed E-state index contributed by atoms with van der Waals surface area (Å²) in [6.07, 6.45) is 3.12. The lowest BCUT2D eigenvalue weighted by atomic mass is 10.0. The molecule has 46 heavy (non-hydrogen) atoms. The number of aromatic hydroxyl groups is 2. The molecular formula is C32H21N7O7. The van der Waals surface area contributed by atoms with Gasteiger partial charge in [0.05, 0.1) is 23.4 Å². The van der Waals surface area contributed by atoms with Crippen molar-refractivity contribution in [2.24, 2.45) is 0 Å². The first-order chi connectivity index (χ1) is 22.1. The molecule has 0 aliphatic carbocycles. The number of carbonyl (C=O) groups is 3. The van der Waals surface area contributed by atoms with Crippen LogP contribution in [0.25, 0.3) is 55.7 Å². The molecule has 0 aliphatic heterocycles. The Balaban J connectivity index is 1.32. The normalized spacial score (nSPS) is 11.3. The first-order valence-corrected chi connectivity index (χ1v) is 13.7. The Hall–Kier alpha value is -6.83. The summed E-state index contributed by atoms with van der Waals surface area (Å²) in [5, 5.41) is 57.8. The van der Waals surface area contributed by atoms with Crippen molar-refractivity contribution in [1.29, 1.82) is 0 Å². The summed E-state index contributed by atoms with van der Waals surface area (Å²) in [5.74, 6) is -3.64. The molecule has 4 N–H and O–H groups in total. The summed E-state index contributed by atoms with van der Waals surface area (Å²) in [4.78, 5) is 35.7. The molecular weight excluding hydrogens is 594 g/mol. The number of fused-ring (bicyclic) bond motifs is 3. The molecule has 3 heterocycles. The molecule has 0 radical (unpaired) electrons. The number of hydrogen-bond donors (Lipinski definition) is 4. The topological polar surface area (TPSA) is 198 Å². The van der Waals surface area contributed by atoms with Gasteiger partial charge >= 0.3 is 11.9 Å². The molecule has 4 aromatic carbocycles. The number of carboxylic acids is 2. The molecule has 0 aliphatic rings. The Morgan fingerprint density at radius 2 is 1.07 bits per heavy atom. The zero-order valence-electron chi connectivity index (χ0n) is 23.7. The number of aromatic carboxylic acids is 2. The van der Waals surface area contributed by atoms with Crippen molar-refractivity contribution in [3.05, 3.63) is 96.3 Å². The third-order valence-corrected chi connectivity index (χ3v) is 7.64. The predicted octanol–water partition coefficient (Wildman–Crippen LogP) is 4.76. The molecule has 14 nitrogen and oxygen atoms in total. The van der Waals surface area contributed by atoms with Crippen LogP contribution in [0.5, 0.6) is 11.5 Å². The predicted molar refractivity (Wildman–Crippen MR) is 164 cm³/mol. The van der Waals surface area contributed by atoms with Crippen LogP contribution in [0.15, 0.2) is 85.2 Å². The zero-order chi connectivity index (χ0) is 32.3. The fourth-order valence-corrected chi connectivity index (χ4v) is 5.49. The largest absolute Gasteiger partial charge is 0.505 e. The molecule has 0 unspecified atom stereocenters. The lowest BCUT2D eigenvalue weighted by Gasteiger charge is -2.05. The summed E-state index contributed by atoms with van der Waals surface area (Å²) < 4.78 is 4.16. The smallest absolute Gasteiger partial charge is 0.339 e. The van der Waals surface area contributed by atoms with Crippen LogP contribution in [-0.2, 0) is 0 Å². The van der Waals surface area contributed by atoms with E-state index in [9.17, 15) is 34.8 Å². The molecule has 0 spiro atoms. The molecule has 0 saturated heterocycles. The molecule has 0 amide bonds. The maximum atomic E-state index is 12.8. The minimum absolute atomic E-state index is 0.147. The van der Waals surface area contributed by atoms with E-state index in [2.05, 4.69) is 20.6 Å². The first-order valence-electron chi connectivity index (χ1n) is 13.7. The average Bonchev–Trinajstić information content (AvgIpc) is 3.78. The monoisotopic (exact) mass is 615 g/mol. The van der Waals surface area contributed by atoms with Crippen LogP contribution in [0.4, 0.5) is 0 Å². The summed E-state index contributed by atoms with van der Waals surface area (Å²) in [6, 6.07) is 19.5. The van der Waals surface area contributed by atoms with Crippen LogP contribution >= 0.6 is 0 Å². The van der Waals surface area contributed by atoms with Crippen molar-refractivity contribution in [3.8, 4) is 45.4 Å². The maximum absolute atomic E-state index is 12.8. The molecule has 14 heteroatoms. The number of rotatable bonds is 6. The van der Waals surface area contributed by atoms with Gasteiger partial charge in [0.25, 0.3) is 0 Å². The van der Waals surface area contributed by atoms with Crippen LogP contribution in [-0.4, -0.2) is 72.8 Å². The standard InChI is InChI=1S/C32H21N7O7/c1-16(40)39-25-10-8-17(23-14-37(35-33-23)27-6-2-4-19(29(27)41)31(43)44)12-21(25)22-13-18(9-11-26(22)39)24-15-38(36-34-24)28-7-3-5-20(30(28)42)32(45)46/h2-15,41-42H,1H3,(H,43,44)(H,45,46). The second-order valence-corrected chi connectivity index (χ2v) is 10.4. The fraction of sp³-hybridized carbons (Fsp3) is 0.0312. The van der Waals surface area contributed by atoms with Crippen molar-refractivity contribution in [1.82, 2.24) is 34.6 Å². The van der Waals surface area contributed by atoms with Crippen molar-refractivity contribution >= 4 is 39.7 Å². The number of nitrogens with zero attached hydrogens (tertiary/aromatic N) is 7. The Labute approximate surface area is 257 Å². The van der Waals surface area contributed by atoms with Crippen LogP contribution in [0.1, 0.15) is 32.4 Å². The highest BCUT2D eigenvalue weighted by Gasteiger charge is 2.20. The van der Waals surface area contributed by atoms with Gasteiger partial charge in [0.1, 0.15) is 33.9 Å². The number of hydrogen-bond acceptors (Lipinski definition) is 9. The van der Waals surface area contributed by atoms with E-state index < -0.39 is 23.4 Å². The van der Waals surface area contributed by atoms with E-state index in [-0.39, 0.29) is 28.4 Å². The minimum Gasteiger partial charge on any atom is -0.505 e. The zero-order valence-corrected chi connectivity index (χ0v) is 23.7. The number of phenols is 2. The summed E-state index contributed by atoms with van der Waals surface area (Å²) in [5.41, 5.74) is 3.25. The lowest BCUT2D eigenvalue weighted by molar-refractivity contribution is 0.0682. The maximum Gasteiger partial charge on any atom is 0.339 e. The highest BCUT2D eigenvalue weighted by Crippen LogP contribution is 2.36. The van der Waals surface area contributed by atoms with Gasteiger partial charge in [-0.2, -0.15) is 0 Å². The third-order valence-electron chi connectivity index (χ3n) is 7.64. The van der Waals surface area contributed by atoms with Gasteiger partial charge < -0.3 is 20.4 Å². The van der Waals surface area contributed by atoms with Gasteiger partial charge in [0.15, 0.2) is 11.5 Å². The van der Waals surface area contributed by atoms with Crippen LogP contribution in [0.3, 0.4) is 0 Å². The van der Waals surface area contributed by atoms with E-state index in [4.69, 9.17) is 0 Å². The van der Waals surface area contributed by atoms with Gasteiger partial charge in [-0.25, -0.2) is 19.0 Å². The number of carbonyl (C=O) groups excluding carboxylic acids is 1. The van der Waals surface area contributed by atoms with E-state index in [1.807, 2.05) is 12.1 Å². The van der Waals surface area contributed by atoms with E-state index >= 15 is 0 Å². The highest BCUT2D eigenvalue weighted by molar-refractivity contribution is 6.14. The Morgan fingerprint density at radius 1 is 0.630 bits per heavy atom. The molecule has 226 valence electrons. The number of para-hydroxylation sites is 2. The second-order valence-electron chi connectivity index (χ2n) is 10.4. The van der Waals surface area contributed by atoms with Crippen LogP contribution in [0, 0.1) is 0 Å². The molecule has 3 aromatic heterocycles. The van der Waals surface area contributed by atoms with E-state index in [1.165, 1.54) is 52.7 Å². The number of benzene rings is 4. The summed E-state index contributed by atoms with van der Waals surface area (Å²) >= 11 is 0. The minimum atomic E-state index is -1.28. The van der Waals surface area contributed by atoms with Crippen molar-refractivity contribution in [2.75, 3.05) is 0 Å². The highest BCUT2D eigenvalue weighted by atomic mass is 16.4. The fourth-order valence-electron chi connectivity index (χ4n) is 5.49. The quantitative estimate of drug-likeness (QED) is 0.201. The van der Waals surface area contributed by atoms with E-state index in [0.29, 0.717) is 33.5 Å². The molecule has 0 fully saturated rings. The number of aromatic nitrogens is 7. The van der Waals surface area contributed by atoms with Crippen molar-refractivity contribution in [2.45, 2.75) is 6.92 Å². The summed E-state index contributed by atoms with van der Waals surface area (Å²) in [6.45, 7) is 1.47. The Kier molecular flexibility index (Phi) is 6.33. The van der Waals surface area contributed by atoms with Gasteiger partial charge in [0.2, 0.25) is 5.91 Å². The molecule has 7 rings (SSSR count). The van der Waals surface area contributed by atoms with Crippen molar-refractivity contribution in [3.63, 3.8) is 0 Å². The molecule has 0 saturated carbocycles. The third kappa shape index (κ3) is 4.40. The SMILES string of the molecule is CC(=O)n1c2ccc(-c3cn(-c4cccc(C(=O)O)c4O)nn3)cc2c2cc(-c3cn(-c4cccc(C(=O)O)c4O)nn3)ccc21. The van der Waals surface area contributed by atoms with Crippen LogP contribution < -0.4 is 0 Å². The first kappa shape index (κ1) is 28.0. The van der Waals surface area contributed by atoms with Crippen molar-refractivity contribution < 1.29 is 34.8 Å². The Morgan fingerprint density at radius 3 is 1.46 bits per heavy atom. The van der Waals surface area contributed by atoms with Gasteiger partial charge in [-0.05, 0) is 48.5 Å². The molecule has 0 atom stereocenters. The van der Waals surface area contributed by atoms with Crippen LogP contribution in [0.2, 0.25) is 0 Å². The number of carboxylic acid groups (broad SMARTS) is 2. The van der Waals surface area contributed by atoms with Gasteiger partial charge in [0, 0.05) is 28.8 Å². The summed E-state index contributed by atoms with van der Waals surface area (Å²) in [7, 11) is 0. The van der Waals surface area contributed by atoms with Gasteiger partial charge in [-0.1, -0.05) is 34.7 Å². The van der Waals surface area contributed by atoms with Gasteiger partial charge in [-0.3, -0.25) is 9.36 Å². The van der Waals surface area contributed by atoms with E-state index in [1.54, 1.807) is 41.2 Å². The van der Waals surface area contributed by atoms with E-state index in [0.717, 1.165) is 10.8 Å². The van der Waals surface area contributed by atoms with Gasteiger partial charge in [-0.15, -0.1) is 10.2 Å². The Bertz CT molecular complexity index is 2240.